The third kappa shape index (κ3) is 4.26. The van der Waals surface area contributed by atoms with Crippen LogP contribution in [0.1, 0.15) is 38.8 Å². The highest BCUT2D eigenvalue weighted by molar-refractivity contribution is 6.30. The molecule has 5 rings (SSSR count). The van der Waals surface area contributed by atoms with E-state index in [4.69, 9.17) is 16.7 Å². The summed E-state index contributed by atoms with van der Waals surface area (Å²) in [6.45, 7) is 0.111. The zero-order valence-corrected chi connectivity index (χ0v) is 19.7. The molecule has 0 saturated carbocycles. The second-order valence-electron chi connectivity index (χ2n) is 8.39. The summed E-state index contributed by atoms with van der Waals surface area (Å²) in [6.07, 6.45) is 0.903. The molecule has 2 aromatic heterocycles. The number of H-pyrrole nitrogens is 2. The Bertz CT molecular complexity index is 1490. The number of aromatic nitrogens is 3. The Labute approximate surface area is 209 Å². The smallest absolute Gasteiger partial charge is 0.261 e. The van der Waals surface area contributed by atoms with Gasteiger partial charge in [-0.25, -0.2) is 4.98 Å². The fraction of sp³-hybridized carbons (Fsp3) is 0.200. The summed E-state index contributed by atoms with van der Waals surface area (Å²) < 4.78 is 0. The number of fused-ring (bicyclic) bond motifs is 2. The lowest BCUT2D eigenvalue weighted by molar-refractivity contribution is 0.0645. The van der Waals surface area contributed by atoms with Crippen LogP contribution in [0, 0.1) is 0 Å². The first-order chi connectivity index (χ1) is 17.4. The monoisotopic (exact) mass is 507 g/mol. The average molecular weight is 508 g/mol. The molecule has 36 heavy (non-hydrogen) atoms. The van der Waals surface area contributed by atoms with E-state index in [0.29, 0.717) is 33.7 Å². The number of aliphatic hydroxyl groups is 2. The number of hydrogen-bond acceptors (Lipinski definition) is 7. The van der Waals surface area contributed by atoms with Crippen LogP contribution in [-0.2, 0) is 0 Å². The SMILES string of the molecule is O=C1c2cc3nc(-c4c(NC[C@@H](O)c5cccc(Cl)c5)cc[nH]c4=O)[nH]c3cc2C(=O)N1CCCO. The van der Waals surface area contributed by atoms with Crippen molar-refractivity contribution < 1.29 is 19.8 Å². The first-order valence-electron chi connectivity index (χ1n) is 11.3. The number of anilines is 1. The standard InChI is InChI=1S/C25H22ClN5O5/c26-14-4-1-3-13(9-14)20(33)12-28-17-5-6-27-23(34)21(17)22-29-18-10-15-16(11-19(18)30-22)25(36)31(24(15)35)7-2-8-32/h1,3-6,9-11,20,32-33H,2,7-8,12H2,(H,29,30)(H2,27,28,34)/t20-/m1/s1. The predicted molar refractivity (Wildman–Crippen MR) is 134 cm³/mol. The van der Waals surface area contributed by atoms with Crippen molar-refractivity contribution in [1.82, 2.24) is 19.9 Å². The van der Waals surface area contributed by atoms with E-state index in [1.165, 1.54) is 12.3 Å². The van der Waals surface area contributed by atoms with Gasteiger partial charge in [-0.1, -0.05) is 23.7 Å². The lowest BCUT2D eigenvalue weighted by Crippen LogP contribution is -2.31. The lowest BCUT2D eigenvalue weighted by Gasteiger charge is -2.15. The first-order valence-corrected chi connectivity index (χ1v) is 11.7. The van der Waals surface area contributed by atoms with E-state index in [1.54, 1.807) is 36.4 Å². The second kappa shape index (κ2) is 9.57. The number of halogens is 1. The summed E-state index contributed by atoms with van der Waals surface area (Å²) in [5.74, 6) is -0.631. The Kier molecular flexibility index (Phi) is 6.31. The molecular weight excluding hydrogens is 486 g/mol. The van der Waals surface area contributed by atoms with E-state index in [9.17, 15) is 19.5 Å². The molecule has 1 aliphatic rings. The van der Waals surface area contributed by atoms with Gasteiger partial charge in [0.1, 0.15) is 11.4 Å². The van der Waals surface area contributed by atoms with Crippen LogP contribution in [0.3, 0.4) is 0 Å². The number of rotatable bonds is 8. The zero-order chi connectivity index (χ0) is 25.4. The Balaban J connectivity index is 1.45. The van der Waals surface area contributed by atoms with E-state index < -0.39 is 23.5 Å². The zero-order valence-electron chi connectivity index (χ0n) is 18.9. The van der Waals surface area contributed by atoms with E-state index in [-0.39, 0.29) is 42.2 Å². The Morgan fingerprint density at radius 2 is 1.86 bits per heavy atom. The van der Waals surface area contributed by atoms with E-state index in [1.807, 2.05) is 0 Å². The van der Waals surface area contributed by atoms with Crippen molar-refractivity contribution in [1.29, 1.82) is 0 Å². The number of aliphatic hydroxyl groups excluding tert-OH is 2. The van der Waals surface area contributed by atoms with Crippen LogP contribution in [0.15, 0.2) is 53.5 Å². The quantitative estimate of drug-likeness (QED) is 0.230. The third-order valence-electron chi connectivity index (χ3n) is 6.03. The summed E-state index contributed by atoms with van der Waals surface area (Å²) in [5, 5.41) is 23.2. The van der Waals surface area contributed by atoms with Gasteiger partial charge in [0.25, 0.3) is 17.4 Å². The fourth-order valence-electron chi connectivity index (χ4n) is 4.24. The van der Waals surface area contributed by atoms with Crippen molar-refractivity contribution in [2.75, 3.05) is 25.0 Å². The lowest BCUT2D eigenvalue weighted by atomic mass is 10.1. The third-order valence-corrected chi connectivity index (χ3v) is 6.26. The highest BCUT2D eigenvalue weighted by Gasteiger charge is 2.36. The van der Waals surface area contributed by atoms with Crippen molar-refractivity contribution >= 4 is 40.1 Å². The number of benzene rings is 2. The molecule has 11 heteroatoms. The second-order valence-corrected chi connectivity index (χ2v) is 8.82. The highest BCUT2D eigenvalue weighted by Crippen LogP contribution is 2.30. The molecule has 0 fully saturated rings. The van der Waals surface area contributed by atoms with Crippen LogP contribution in [0.5, 0.6) is 0 Å². The number of imide groups is 1. The van der Waals surface area contributed by atoms with Gasteiger partial charge in [0.2, 0.25) is 0 Å². The van der Waals surface area contributed by atoms with Gasteiger partial charge < -0.3 is 25.5 Å². The fourth-order valence-corrected chi connectivity index (χ4v) is 4.44. The molecule has 184 valence electrons. The van der Waals surface area contributed by atoms with Crippen molar-refractivity contribution in [2.24, 2.45) is 0 Å². The Morgan fingerprint density at radius 3 is 2.61 bits per heavy atom. The number of pyridine rings is 1. The van der Waals surface area contributed by atoms with Crippen LogP contribution in [0.25, 0.3) is 22.4 Å². The summed E-state index contributed by atoms with van der Waals surface area (Å²) in [5.41, 5.74) is 2.25. The Hall–Kier alpha value is -3.99. The maximum absolute atomic E-state index is 12.8. The number of nitrogens with one attached hydrogen (secondary N) is 3. The molecule has 1 aliphatic heterocycles. The number of hydrogen-bond donors (Lipinski definition) is 5. The molecule has 0 bridgehead atoms. The van der Waals surface area contributed by atoms with Crippen molar-refractivity contribution in [2.45, 2.75) is 12.5 Å². The topological polar surface area (TPSA) is 151 Å². The normalized spacial score (nSPS) is 13.9. The van der Waals surface area contributed by atoms with Gasteiger partial charge in [-0.05, 0) is 42.3 Å². The molecule has 0 unspecified atom stereocenters. The van der Waals surface area contributed by atoms with Crippen molar-refractivity contribution in [3.63, 3.8) is 0 Å². The van der Waals surface area contributed by atoms with Gasteiger partial charge in [-0.3, -0.25) is 19.3 Å². The summed E-state index contributed by atoms with van der Waals surface area (Å²) in [6, 6.07) is 11.6. The number of imidazole rings is 1. The van der Waals surface area contributed by atoms with Gasteiger partial charge in [0.15, 0.2) is 0 Å². The Morgan fingerprint density at radius 1 is 1.08 bits per heavy atom. The number of nitrogens with zero attached hydrogens (tertiary/aromatic N) is 2. The minimum absolute atomic E-state index is 0.109. The number of carbonyl (C=O) groups excluding carboxylic acids is 2. The molecule has 2 aromatic carbocycles. The maximum atomic E-state index is 12.8. The molecule has 2 amide bonds. The van der Waals surface area contributed by atoms with Gasteiger partial charge >= 0.3 is 0 Å². The molecular formula is C25H22ClN5O5. The number of carbonyl (C=O) groups is 2. The van der Waals surface area contributed by atoms with E-state index >= 15 is 0 Å². The largest absolute Gasteiger partial charge is 0.396 e. The van der Waals surface area contributed by atoms with Gasteiger partial charge in [-0.15, -0.1) is 0 Å². The van der Waals surface area contributed by atoms with Gasteiger partial charge in [0, 0.05) is 30.9 Å². The van der Waals surface area contributed by atoms with Crippen LogP contribution in [-0.4, -0.2) is 61.6 Å². The highest BCUT2D eigenvalue weighted by atomic mass is 35.5. The summed E-state index contributed by atoms with van der Waals surface area (Å²) >= 11 is 6.01. The number of amides is 2. The molecule has 4 aromatic rings. The minimum atomic E-state index is -0.875. The molecule has 0 spiro atoms. The molecule has 1 atom stereocenters. The predicted octanol–water partition coefficient (Wildman–Crippen LogP) is 2.70. The molecule has 10 nitrogen and oxygen atoms in total. The van der Waals surface area contributed by atoms with Gasteiger partial charge in [-0.2, -0.15) is 0 Å². The van der Waals surface area contributed by atoms with Crippen molar-refractivity contribution in [3.8, 4) is 11.4 Å². The van der Waals surface area contributed by atoms with Crippen LogP contribution in [0.2, 0.25) is 5.02 Å². The molecule has 0 radical (unpaired) electrons. The van der Waals surface area contributed by atoms with Gasteiger partial charge in [0.05, 0.1) is 34.0 Å². The van der Waals surface area contributed by atoms with Crippen LogP contribution in [0.4, 0.5) is 5.69 Å². The van der Waals surface area contributed by atoms with E-state index in [0.717, 1.165) is 4.90 Å². The maximum Gasteiger partial charge on any atom is 0.261 e. The molecule has 0 saturated heterocycles. The van der Waals surface area contributed by atoms with Crippen LogP contribution >= 0.6 is 11.6 Å². The first kappa shape index (κ1) is 23.7. The molecule has 5 N–H and O–H groups in total. The minimum Gasteiger partial charge on any atom is -0.396 e. The van der Waals surface area contributed by atoms with Crippen LogP contribution < -0.4 is 10.9 Å². The van der Waals surface area contributed by atoms with Crippen molar-refractivity contribution in [3.05, 3.63) is 80.7 Å². The van der Waals surface area contributed by atoms with E-state index in [2.05, 4.69) is 20.3 Å². The molecule has 3 heterocycles. The summed E-state index contributed by atoms with van der Waals surface area (Å²) in [4.78, 5) is 49.5. The summed E-state index contributed by atoms with van der Waals surface area (Å²) in [7, 11) is 0. The number of aromatic amines is 2. The average Bonchev–Trinajstić information content (AvgIpc) is 3.38. The molecule has 0 aliphatic carbocycles.